The summed E-state index contributed by atoms with van der Waals surface area (Å²) in [6.45, 7) is 0. The first kappa shape index (κ1) is 20.3. The van der Waals surface area contributed by atoms with Gasteiger partial charge in [0.2, 0.25) is 0 Å². The van der Waals surface area contributed by atoms with Crippen molar-refractivity contribution in [3.05, 3.63) is 24.3 Å². The van der Waals surface area contributed by atoms with Crippen LogP contribution in [-0.4, -0.2) is 34.1 Å². The summed E-state index contributed by atoms with van der Waals surface area (Å²) in [6.07, 6.45) is 1.88. The molecular weight excluding hydrogens is 283 g/mol. The fraction of sp³-hybridized carbons (Fsp3) is 0. The predicted octanol–water partition coefficient (Wildman–Crippen LogP) is -3.25. The number of carbonyl (C=O) groups is 4. The van der Waals surface area contributed by atoms with E-state index in [2.05, 4.69) is 0 Å². The molecule has 0 aliphatic heterocycles. The molecule has 0 saturated heterocycles. The Kier molecular flexibility index (Phi) is 14.2. The number of hydrogen-bond acceptors (Lipinski definition) is 6. The molecule has 8 nitrogen and oxygen atoms in total. The Balaban J connectivity index is -0.000000218. The number of hydrogen-bond donors (Lipinski definition) is 2. The van der Waals surface area contributed by atoms with Gasteiger partial charge in [-0.1, -0.05) is 0 Å². The van der Waals surface area contributed by atoms with Crippen LogP contribution >= 0.6 is 0 Å². The topological polar surface area (TPSA) is 155 Å². The minimum absolute atomic E-state index is 0. The largest absolute Gasteiger partial charge is 2.00 e. The van der Waals surface area contributed by atoms with Crippen LogP contribution in [-0.2, 0) is 35.7 Å². The monoisotopic (exact) mass is 288 g/mol. The SMILES string of the molecule is O=C(O)/C=C\C(=O)O.O=C([O-])/C=C\C(=O)[O-].[Ni+2]. The van der Waals surface area contributed by atoms with Crippen LogP contribution in [0.15, 0.2) is 24.3 Å². The van der Waals surface area contributed by atoms with Crippen LogP contribution in [0.2, 0.25) is 0 Å². The molecular formula is C8H6NiO8. The van der Waals surface area contributed by atoms with Gasteiger partial charge in [-0.2, -0.15) is 0 Å². The van der Waals surface area contributed by atoms with Crippen molar-refractivity contribution >= 4 is 23.9 Å². The standard InChI is InChI=1S/2C4H4O4.Ni/c2*5-3(6)1-2-4(7)8;/h2*1-2H,(H,5,6)(H,7,8);/q;;+2/p-2/b2*2-1-;. The van der Waals surface area contributed by atoms with Gasteiger partial charge in [-0.3, -0.25) is 0 Å². The molecule has 0 aromatic rings. The van der Waals surface area contributed by atoms with Crippen molar-refractivity contribution in [2.75, 3.05) is 0 Å². The van der Waals surface area contributed by atoms with Gasteiger partial charge in [0.15, 0.2) is 0 Å². The van der Waals surface area contributed by atoms with Crippen molar-refractivity contribution in [1.29, 1.82) is 0 Å². The van der Waals surface area contributed by atoms with E-state index in [9.17, 15) is 29.4 Å². The van der Waals surface area contributed by atoms with Gasteiger partial charge in [0.1, 0.15) is 0 Å². The maximum atomic E-state index is 9.55. The van der Waals surface area contributed by atoms with E-state index in [1.165, 1.54) is 0 Å². The van der Waals surface area contributed by atoms with E-state index in [1.807, 2.05) is 0 Å². The molecule has 9 heteroatoms. The van der Waals surface area contributed by atoms with Gasteiger partial charge >= 0.3 is 28.4 Å². The zero-order valence-electron chi connectivity index (χ0n) is 7.97. The summed E-state index contributed by atoms with van der Waals surface area (Å²) >= 11 is 0. The predicted molar refractivity (Wildman–Crippen MR) is 43.6 cm³/mol. The quantitative estimate of drug-likeness (QED) is 0.404. The molecule has 0 rings (SSSR count). The second-order valence-electron chi connectivity index (χ2n) is 1.98. The smallest absolute Gasteiger partial charge is 0.545 e. The van der Waals surface area contributed by atoms with Gasteiger partial charge in [0, 0.05) is 12.2 Å². The number of carbonyl (C=O) groups excluding carboxylic acids is 2. The molecule has 0 saturated carbocycles. The molecule has 0 spiro atoms. The molecule has 0 aromatic heterocycles. The molecule has 0 aliphatic rings. The molecule has 0 bridgehead atoms. The van der Waals surface area contributed by atoms with E-state index < -0.39 is 23.9 Å². The van der Waals surface area contributed by atoms with Crippen LogP contribution in [0.1, 0.15) is 0 Å². The minimum atomic E-state index is -1.55. The Hall–Kier alpha value is -2.15. The summed E-state index contributed by atoms with van der Waals surface area (Å²) in [6, 6.07) is 0. The fourth-order valence-electron chi connectivity index (χ4n) is 0.279. The maximum absolute atomic E-state index is 9.55. The van der Waals surface area contributed by atoms with Crippen molar-refractivity contribution in [3.63, 3.8) is 0 Å². The third-order valence-corrected chi connectivity index (χ3v) is 0.724. The molecule has 0 amide bonds. The van der Waals surface area contributed by atoms with Gasteiger partial charge in [0.05, 0.1) is 11.9 Å². The van der Waals surface area contributed by atoms with Crippen LogP contribution in [0.3, 0.4) is 0 Å². The van der Waals surface area contributed by atoms with E-state index in [0.29, 0.717) is 24.3 Å². The minimum Gasteiger partial charge on any atom is -0.545 e. The molecule has 0 aromatic carbocycles. The molecule has 2 N–H and O–H groups in total. The third-order valence-electron chi connectivity index (χ3n) is 0.724. The molecule has 0 atom stereocenters. The maximum Gasteiger partial charge on any atom is 2.00 e. The van der Waals surface area contributed by atoms with Crippen LogP contribution in [0, 0.1) is 0 Å². The Labute approximate surface area is 105 Å². The molecule has 0 heterocycles. The number of rotatable bonds is 4. The normalized spacial score (nSPS) is 8.94. The first-order valence-electron chi connectivity index (χ1n) is 3.49. The van der Waals surface area contributed by atoms with Gasteiger partial charge in [0.25, 0.3) is 0 Å². The zero-order chi connectivity index (χ0) is 13.1. The number of carboxylic acid groups (broad SMARTS) is 4. The zero-order valence-corrected chi connectivity index (χ0v) is 8.96. The summed E-state index contributed by atoms with van der Waals surface area (Å²) in [5, 5.41) is 34.5. The van der Waals surface area contributed by atoms with Crippen molar-refractivity contribution in [3.8, 4) is 0 Å². The second-order valence-corrected chi connectivity index (χ2v) is 1.98. The number of aliphatic carboxylic acids is 4. The summed E-state index contributed by atoms with van der Waals surface area (Å²) < 4.78 is 0. The van der Waals surface area contributed by atoms with Crippen molar-refractivity contribution < 1.29 is 56.1 Å². The molecule has 96 valence electrons. The third kappa shape index (κ3) is 31.6. The van der Waals surface area contributed by atoms with Crippen LogP contribution < -0.4 is 10.2 Å². The van der Waals surface area contributed by atoms with Crippen molar-refractivity contribution in [2.24, 2.45) is 0 Å². The summed E-state index contributed by atoms with van der Waals surface area (Å²) in [4.78, 5) is 37.9. The van der Waals surface area contributed by atoms with E-state index in [0.717, 1.165) is 0 Å². The molecule has 17 heavy (non-hydrogen) atoms. The Morgan fingerprint density at radius 1 is 0.706 bits per heavy atom. The van der Waals surface area contributed by atoms with Crippen LogP contribution in [0.5, 0.6) is 0 Å². The van der Waals surface area contributed by atoms with Crippen molar-refractivity contribution in [1.82, 2.24) is 0 Å². The van der Waals surface area contributed by atoms with Crippen molar-refractivity contribution in [2.45, 2.75) is 0 Å². The Bertz CT molecular complexity index is 277. The summed E-state index contributed by atoms with van der Waals surface area (Å²) in [7, 11) is 0. The number of carboxylic acids is 4. The van der Waals surface area contributed by atoms with Gasteiger partial charge in [-0.05, 0) is 12.2 Å². The fourth-order valence-corrected chi connectivity index (χ4v) is 0.279. The van der Waals surface area contributed by atoms with Crippen LogP contribution in [0.4, 0.5) is 0 Å². The first-order chi connectivity index (χ1) is 7.25. The molecule has 0 fully saturated rings. The average molecular weight is 289 g/mol. The average Bonchev–Trinajstić information content (AvgIpc) is 2.12. The second kappa shape index (κ2) is 11.9. The van der Waals surface area contributed by atoms with E-state index >= 15 is 0 Å². The van der Waals surface area contributed by atoms with Gasteiger partial charge in [-0.25, -0.2) is 9.59 Å². The van der Waals surface area contributed by atoms with E-state index in [-0.39, 0.29) is 16.5 Å². The van der Waals surface area contributed by atoms with E-state index in [1.54, 1.807) is 0 Å². The van der Waals surface area contributed by atoms with Crippen LogP contribution in [0.25, 0.3) is 0 Å². The molecule has 0 unspecified atom stereocenters. The Morgan fingerprint density at radius 2 is 0.941 bits per heavy atom. The summed E-state index contributed by atoms with van der Waals surface area (Å²) in [5.41, 5.74) is 0. The van der Waals surface area contributed by atoms with E-state index in [4.69, 9.17) is 10.2 Å². The molecule has 0 radical (unpaired) electrons. The van der Waals surface area contributed by atoms with Gasteiger partial charge in [-0.15, -0.1) is 0 Å². The molecule has 0 aliphatic carbocycles. The van der Waals surface area contributed by atoms with Gasteiger partial charge < -0.3 is 30.0 Å². The Morgan fingerprint density at radius 3 is 1.06 bits per heavy atom. The first-order valence-corrected chi connectivity index (χ1v) is 3.49. The summed E-state index contributed by atoms with van der Waals surface area (Å²) in [5.74, 6) is -5.61.